The number of ether oxygens (including phenoxy) is 2. The SMILES string of the molecule is CCCCCCCC/C=C\C/C=C\CC(O)C(=O)NC(COC1OC(CO)C(O)C(OS(=O)(=O)O)C1O)C(O)/C=C/CCCCCCCCCCCCCC. The van der Waals surface area contributed by atoms with Gasteiger partial charge in [0.25, 0.3) is 0 Å². The van der Waals surface area contributed by atoms with E-state index in [0.717, 1.165) is 32.1 Å². The molecule has 0 aromatic carbocycles. The predicted molar refractivity (Wildman–Crippen MR) is 214 cm³/mol. The number of unbranched alkanes of at least 4 members (excludes halogenated alkanes) is 18. The average Bonchev–Trinajstić information content (AvgIpc) is 3.15. The Morgan fingerprint density at radius 3 is 1.78 bits per heavy atom. The first kappa shape index (κ1) is 51.3. The van der Waals surface area contributed by atoms with Crippen molar-refractivity contribution < 1.29 is 57.0 Å². The molecule has 1 aliphatic heterocycles. The Morgan fingerprint density at radius 1 is 0.745 bits per heavy atom. The van der Waals surface area contributed by atoms with Gasteiger partial charge in [0.15, 0.2) is 6.29 Å². The van der Waals surface area contributed by atoms with Gasteiger partial charge in [0.2, 0.25) is 5.91 Å². The van der Waals surface area contributed by atoms with E-state index in [1.165, 1.54) is 96.0 Å². The first-order valence-electron chi connectivity index (χ1n) is 21.0. The lowest BCUT2D eigenvalue weighted by Crippen LogP contribution is -2.61. The van der Waals surface area contributed by atoms with Gasteiger partial charge in [-0.25, -0.2) is 4.18 Å². The van der Waals surface area contributed by atoms with Crippen LogP contribution in [-0.4, -0.2) is 107 Å². The molecule has 1 rings (SSSR count). The number of allylic oxidation sites excluding steroid dienone is 4. The molecule has 0 aromatic heterocycles. The highest BCUT2D eigenvalue weighted by molar-refractivity contribution is 7.80. The van der Waals surface area contributed by atoms with Crippen molar-refractivity contribution in [3.05, 3.63) is 36.5 Å². The zero-order valence-corrected chi connectivity index (χ0v) is 34.4. The lowest BCUT2D eigenvalue weighted by Gasteiger charge is -2.41. The molecule has 1 amide bonds. The fourth-order valence-electron chi connectivity index (χ4n) is 6.38. The maximum absolute atomic E-state index is 13.0. The number of amides is 1. The van der Waals surface area contributed by atoms with Crippen LogP contribution in [0.2, 0.25) is 0 Å². The van der Waals surface area contributed by atoms with Crippen LogP contribution in [0.15, 0.2) is 36.5 Å². The molecule has 0 saturated carbocycles. The van der Waals surface area contributed by atoms with Crippen molar-refractivity contribution in [2.45, 2.75) is 204 Å². The fourth-order valence-corrected chi connectivity index (χ4v) is 6.89. The number of carbonyl (C=O) groups is 1. The zero-order chi connectivity index (χ0) is 40.7. The number of hydrogen-bond donors (Lipinski definition) is 7. The molecule has 55 heavy (non-hydrogen) atoms. The Kier molecular flexibility index (Phi) is 30.1. The number of aliphatic hydroxyl groups excluding tert-OH is 5. The third-order valence-corrected chi connectivity index (χ3v) is 10.2. The van der Waals surface area contributed by atoms with Crippen molar-refractivity contribution in [3.63, 3.8) is 0 Å². The minimum Gasteiger partial charge on any atom is -0.394 e. The third-order valence-electron chi connectivity index (χ3n) is 9.78. The molecule has 322 valence electrons. The summed E-state index contributed by atoms with van der Waals surface area (Å²) in [6.45, 7) is 3.13. The summed E-state index contributed by atoms with van der Waals surface area (Å²) in [6, 6.07) is -1.15. The molecular weight excluding hydrogens is 731 g/mol. The topological polar surface area (TPSA) is 212 Å². The summed E-state index contributed by atoms with van der Waals surface area (Å²) in [5.41, 5.74) is 0. The van der Waals surface area contributed by atoms with Gasteiger partial charge in [0, 0.05) is 6.42 Å². The minimum absolute atomic E-state index is 0.0325. The lowest BCUT2D eigenvalue weighted by molar-refractivity contribution is -0.298. The molecule has 0 radical (unpaired) electrons. The second-order valence-electron chi connectivity index (χ2n) is 14.7. The van der Waals surface area contributed by atoms with E-state index in [4.69, 9.17) is 14.0 Å². The Labute approximate surface area is 331 Å². The van der Waals surface area contributed by atoms with Crippen LogP contribution in [0.1, 0.15) is 155 Å². The van der Waals surface area contributed by atoms with Crippen LogP contribution >= 0.6 is 0 Å². The highest BCUT2D eigenvalue weighted by Crippen LogP contribution is 2.26. The van der Waals surface area contributed by atoms with Crippen LogP contribution < -0.4 is 5.32 Å². The first-order chi connectivity index (χ1) is 26.4. The van der Waals surface area contributed by atoms with Crippen molar-refractivity contribution >= 4 is 16.3 Å². The van der Waals surface area contributed by atoms with Crippen molar-refractivity contribution in [2.75, 3.05) is 13.2 Å². The Bertz CT molecular complexity index is 1150. The van der Waals surface area contributed by atoms with Crippen LogP contribution in [0.25, 0.3) is 0 Å². The second kappa shape index (κ2) is 32.3. The molecule has 8 unspecified atom stereocenters. The first-order valence-corrected chi connectivity index (χ1v) is 22.3. The van der Waals surface area contributed by atoms with E-state index in [1.54, 1.807) is 12.2 Å². The molecule has 1 fully saturated rings. The van der Waals surface area contributed by atoms with Crippen LogP contribution in [0.5, 0.6) is 0 Å². The molecular formula is C41H75NO12S. The fraction of sp³-hybridized carbons (Fsp3) is 0.829. The summed E-state index contributed by atoms with van der Waals surface area (Å²) >= 11 is 0. The summed E-state index contributed by atoms with van der Waals surface area (Å²) in [6.07, 6.45) is 24.0. The van der Waals surface area contributed by atoms with Gasteiger partial charge in [0.05, 0.1) is 25.4 Å². The van der Waals surface area contributed by atoms with Crippen LogP contribution in [-0.2, 0) is 28.9 Å². The molecule has 8 atom stereocenters. The zero-order valence-electron chi connectivity index (χ0n) is 33.6. The van der Waals surface area contributed by atoms with Crippen LogP contribution in [0.3, 0.4) is 0 Å². The normalized spacial score (nSPS) is 22.5. The standard InChI is InChI=1S/C41H75NO12S/c1-3-5-7-9-11-13-15-17-18-20-21-23-25-27-29-34(44)33(32-52-41-38(47)39(54-55(49,50)51)37(46)36(31-43)53-41)42-40(48)35(45)30-28-26-24-22-19-16-14-12-10-8-6-4-2/h19,22,26-29,33-39,41,43-47H,3-18,20-21,23-25,30-32H2,1-2H3,(H,42,48)(H,49,50,51)/b22-19-,28-26-,29-27+. The predicted octanol–water partition coefficient (Wildman–Crippen LogP) is 6.13. The Morgan fingerprint density at radius 2 is 1.25 bits per heavy atom. The van der Waals surface area contributed by atoms with E-state index in [1.807, 2.05) is 6.08 Å². The van der Waals surface area contributed by atoms with E-state index < -0.39 is 78.5 Å². The van der Waals surface area contributed by atoms with Crippen molar-refractivity contribution in [1.82, 2.24) is 5.32 Å². The number of nitrogens with one attached hydrogen (secondary N) is 1. The molecule has 13 nitrogen and oxygen atoms in total. The minimum atomic E-state index is -5.12. The molecule has 1 aliphatic rings. The van der Waals surface area contributed by atoms with Crippen LogP contribution in [0, 0.1) is 0 Å². The number of aliphatic hydroxyl groups is 5. The highest BCUT2D eigenvalue weighted by Gasteiger charge is 2.48. The maximum atomic E-state index is 13.0. The summed E-state index contributed by atoms with van der Waals surface area (Å²) in [4.78, 5) is 13.0. The quantitative estimate of drug-likeness (QED) is 0.0223. The summed E-state index contributed by atoms with van der Waals surface area (Å²) < 4.78 is 47.3. The molecule has 1 saturated heterocycles. The average molecular weight is 806 g/mol. The smallest absolute Gasteiger partial charge is 0.394 e. The Balaban J connectivity index is 2.72. The van der Waals surface area contributed by atoms with Gasteiger partial charge in [-0.3, -0.25) is 9.35 Å². The molecule has 0 spiro atoms. The van der Waals surface area contributed by atoms with Gasteiger partial charge < -0.3 is 40.3 Å². The maximum Gasteiger partial charge on any atom is 0.397 e. The number of carbonyl (C=O) groups excluding carboxylic acids is 1. The van der Waals surface area contributed by atoms with Crippen molar-refractivity contribution in [2.24, 2.45) is 0 Å². The molecule has 14 heteroatoms. The summed E-state index contributed by atoms with van der Waals surface area (Å²) in [5, 5.41) is 54.8. The van der Waals surface area contributed by atoms with E-state index in [9.17, 15) is 38.7 Å². The van der Waals surface area contributed by atoms with Gasteiger partial charge >= 0.3 is 10.4 Å². The lowest BCUT2D eigenvalue weighted by atomic mass is 9.99. The van der Waals surface area contributed by atoms with Crippen LogP contribution in [0.4, 0.5) is 0 Å². The number of hydrogen-bond acceptors (Lipinski definition) is 11. The van der Waals surface area contributed by atoms with Gasteiger partial charge in [-0.2, -0.15) is 8.42 Å². The monoisotopic (exact) mass is 806 g/mol. The number of rotatable bonds is 34. The van der Waals surface area contributed by atoms with Crippen molar-refractivity contribution in [1.29, 1.82) is 0 Å². The van der Waals surface area contributed by atoms with E-state index >= 15 is 0 Å². The molecule has 0 aliphatic carbocycles. The molecule has 7 N–H and O–H groups in total. The third kappa shape index (κ3) is 25.3. The van der Waals surface area contributed by atoms with Gasteiger partial charge in [-0.1, -0.05) is 153 Å². The molecule has 0 bridgehead atoms. The summed E-state index contributed by atoms with van der Waals surface area (Å²) in [7, 11) is -5.12. The van der Waals surface area contributed by atoms with Gasteiger partial charge in [0.1, 0.15) is 30.5 Å². The van der Waals surface area contributed by atoms with E-state index in [0.29, 0.717) is 12.8 Å². The Hall–Kier alpha value is -1.72. The second-order valence-corrected chi connectivity index (χ2v) is 15.8. The largest absolute Gasteiger partial charge is 0.397 e. The van der Waals surface area contributed by atoms with E-state index in [2.05, 4.69) is 35.5 Å². The molecule has 1 heterocycles. The molecule has 0 aromatic rings. The van der Waals surface area contributed by atoms with Gasteiger partial charge in [-0.05, 0) is 32.1 Å². The van der Waals surface area contributed by atoms with E-state index in [-0.39, 0.29) is 6.42 Å². The summed E-state index contributed by atoms with van der Waals surface area (Å²) in [5.74, 6) is -0.772. The highest BCUT2D eigenvalue weighted by atomic mass is 32.3. The van der Waals surface area contributed by atoms with Crippen molar-refractivity contribution in [3.8, 4) is 0 Å². The van der Waals surface area contributed by atoms with Gasteiger partial charge in [-0.15, -0.1) is 0 Å².